The van der Waals surface area contributed by atoms with Gasteiger partial charge in [-0.25, -0.2) is 12.8 Å². The van der Waals surface area contributed by atoms with Crippen LogP contribution in [0.2, 0.25) is 10.0 Å². The maximum absolute atomic E-state index is 14.0. The van der Waals surface area contributed by atoms with Crippen LogP contribution in [0.5, 0.6) is 0 Å². The van der Waals surface area contributed by atoms with E-state index in [9.17, 15) is 22.4 Å². The lowest BCUT2D eigenvalue weighted by Crippen LogP contribution is -2.52. The zero-order valence-corrected chi connectivity index (χ0v) is 24.8. The number of benzene rings is 3. The molecule has 214 valence electrons. The number of para-hydroxylation sites is 1. The second-order valence-electron chi connectivity index (χ2n) is 9.59. The Balaban J connectivity index is 2.06. The fourth-order valence-corrected chi connectivity index (χ4v) is 5.98. The number of anilines is 1. The molecule has 0 heterocycles. The summed E-state index contributed by atoms with van der Waals surface area (Å²) in [4.78, 5) is 28.4. The van der Waals surface area contributed by atoms with Crippen LogP contribution in [-0.4, -0.2) is 44.3 Å². The molecular weight excluding hydrogens is 576 g/mol. The Morgan fingerprint density at radius 3 is 2.08 bits per heavy atom. The van der Waals surface area contributed by atoms with E-state index in [2.05, 4.69) is 5.32 Å². The van der Waals surface area contributed by atoms with Gasteiger partial charge in [0.1, 0.15) is 18.4 Å². The van der Waals surface area contributed by atoms with E-state index < -0.39 is 34.3 Å². The molecule has 2 amide bonds. The quantitative estimate of drug-likeness (QED) is 0.277. The smallest absolute Gasteiger partial charge is 0.264 e. The summed E-state index contributed by atoms with van der Waals surface area (Å²) < 4.78 is 42.0. The van der Waals surface area contributed by atoms with Gasteiger partial charge in [-0.05, 0) is 60.9 Å². The van der Waals surface area contributed by atoms with Crippen molar-refractivity contribution in [1.82, 2.24) is 10.2 Å². The summed E-state index contributed by atoms with van der Waals surface area (Å²) in [6, 6.07) is 16.4. The van der Waals surface area contributed by atoms with Crippen LogP contribution >= 0.6 is 23.2 Å². The third-order valence-corrected chi connectivity index (χ3v) is 8.68. The Bertz CT molecular complexity index is 1400. The van der Waals surface area contributed by atoms with E-state index in [0.717, 1.165) is 28.6 Å². The molecule has 1 N–H and O–H groups in total. The van der Waals surface area contributed by atoms with Crippen LogP contribution in [-0.2, 0) is 26.2 Å². The number of rotatable bonds is 12. The van der Waals surface area contributed by atoms with Gasteiger partial charge in [0.15, 0.2) is 0 Å². The van der Waals surface area contributed by atoms with Crippen molar-refractivity contribution in [3.63, 3.8) is 0 Å². The maximum Gasteiger partial charge on any atom is 0.264 e. The van der Waals surface area contributed by atoms with Gasteiger partial charge < -0.3 is 10.2 Å². The Morgan fingerprint density at radius 1 is 0.925 bits per heavy atom. The number of carbonyl (C=O) groups excluding carboxylic acids is 2. The van der Waals surface area contributed by atoms with Crippen molar-refractivity contribution in [3.05, 3.63) is 94.2 Å². The molecule has 3 aromatic carbocycles. The normalized spacial score (nSPS) is 12.2. The van der Waals surface area contributed by atoms with Gasteiger partial charge in [-0.1, -0.05) is 68.2 Å². The van der Waals surface area contributed by atoms with Crippen LogP contribution < -0.4 is 9.62 Å². The highest BCUT2D eigenvalue weighted by molar-refractivity contribution is 7.92. The van der Waals surface area contributed by atoms with Gasteiger partial charge in [0.25, 0.3) is 10.0 Å². The average Bonchev–Trinajstić information content (AvgIpc) is 2.92. The van der Waals surface area contributed by atoms with Crippen molar-refractivity contribution in [1.29, 1.82) is 0 Å². The number of carbonyl (C=O) groups is 2. The first-order chi connectivity index (χ1) is 18.9. The molecule has 0 radical (unpaired) electrons. The fraction of sp³-hybridized carbons (Fsp3) is 0.310. The molecule has 3 rings (SSSR count). The van der Waals surface area contributed by atoms with Gasteiger partial charge in [0.05, 0.1) is 10.6 Å². The third kappa shape index (κ3) is 7.74. The van der Waals surface area contributed by atoms with Crippen molar-refractivity contribution in [2.45, 2.75) is 44.7 Å². The Labute approximate surface area is 244 Å². The van der Waals surface area contributed by atoms with Crippen LogP contribution in [0.4, 0.5) is 10.1 Å². The third-order valence-electron chi connectivity index (χ3n) is 6.19. The lowest BCUT2D eigenvalue weighted by Gasteiger charge is -2.33. The van der Waals surface area contributed by atoms with E-state index in [0.29, 0.717) is 22.2 Å². The number of hydrogen-bond acceptors (Lipinski definition) is 4. The Kier molecular flexibility index (Phi) is 11.0. The monoisotopic (exact) mass is 607 g/mol. The summed E-state index contributed by atoms with van der Waals surface area (Å²) in [5.41, 5.74) is 0.662. The SMILES string of the molecule is CC[C@@H](C(=O)NCC(C)C)N(Cc1c(Cl)cccc1Cl)C(=O)CN(c1ccccc1)S(=O)(=O)c1ccc(F)cc1. The highest BCUT2D eigenvalue weighted by atomic mass is 35.5. The maximum atomic E-state index is 14.0. The van der Waals surface area contributed by atoms with Crippen molar-refractivity contribution in [3.8, 4) is 0 Å². The first kappa shape index (κ1) is 31.4. The van der Waals surface area contributed by atoms with Gasteiger partial charge in [-0.15, -0.1) is 0 Å². The van der Waals surface area contributed by atoms with E-state index in [1.165, 1.54) is 4.90 Å². The number of nitrogens with zero attached hydrogens (tertiary/aromatic N) is 2. The summed E-state index contributed by atoms with van der Waals surface area (Å²) in [6.45, 7) is 5.32. The van der Waals surface area contributed by atoms with E-state index >= 15 is 0 Å². The molecule has 0 aliphatic heterocycles. The molecular formula is C29H32Cl2FN3O4S. The van der Waals surface area contributed by atoms with Crippen molar-refractivity contribution in [2.24, 2.45) is 5.92 Å². The van der Waals surface area contributed by atoms with Crippen LogP contribution in [0, 0.1) is 11.7 Å². The Hall–Kier alpha value is -3.14. The van der Waals surface area contributed by atoms with Gasteiger partial charge >= 0.3 is 0 Å². The summed E-state index contributed by atoms with van der Waals surface area (Å²) >= 11 is 12.8. The zero-order valence-electron chi connectivity index (χ0n) is 22.5. The highest BCUT2D eigenvalue weighted by Crippen LogP contribution is 2.28. The highest BCUT2D eigenvalue weighted by Gasteiger charge is 2.34. The van der Waals surface area contributed by atoms with Crippen molar-refractivity contribution in [2.75, 3.05) is 17.4 Å². The average molecular weight is 609 g/mol. The van der Waals surface area contributed by atoms with E-state index in [4.69, 9.17) is 23.2 Å². The van der Waals surface area contributed by atoms with Crippen molar-refractivity contribution >= 4 is 50.7 Å². The summed E-state index contributed by atoms with van der Waals surface area (Å²) in [7, 11) is -4.30. The van der Waals surface area contributed by atoms with Crippen LogP contribution in [0.1, 0.15) is 32.8 Å². The van der Waals surface area contributed by atoms with Gasteiger partial charge in [-0.3, -0.25) is 13.9 Å². The molecule has 0 unspecified atom stereocenters. The molecule has 40 heavy (non-hydrogen) atoms. The van der Waals surface area contributed by atoms with E-state index in [1.54, 1.807) is 55.5 Å². The number of amides is 2. The largest absolute Gasteiger partial charge is 0.354 e. The van der Waals surface area contributed by atoms with Crippen LogP contribution in [0.15, 0.2) is 77.7 Å². The zero-order chi connectivity index (χ0) is 29.4. The molecule has 0 spiro atoms. The molecule has 7 nitrogen and oxygen atoms in total. The minimum atomic E-state index is -4.30. The second kappa shape index (κ2) is 14.0. The lowest BCUT2D eigenvalue weighted by molar-refractivity contribution is -0.140. The summed E-state index contributed by atoms with van der Waals surface area (Å²) in [5, 5.41) is 3.48. The standard InChI is InChI=1S/C29H32Cl2FN3O4S/c1-4-27(29(37)33-17-20(2)3)34(18-24-25(30)11-8-12-26(24)31)28(36)19-35(22-9-6-5-7-10-22)40(38,39)23-15-13-21(32)14-16-23/h5-16,20,27H,4,17-19H2,1-3H3,(H,33,37)/t27-/m0/s1. The number of halogens is 3. The molecule has 0 saturated carbocycles. The van der Waals surface area contributed by atoms with Crippen LogP contribution in [0.25, 0.3) is 0 Å². The minimum absolute atomic E-state index is 0.121. The molecule has 11 heteroatoms. The predicted octanol–water partition coefficient (Wildman–Crippen LogP) is 5.91. The number of hydrogen-bond donors (Lipinski definition) is 1. The van der Waals surface area contributed by atoms with Gasteiger partial charge in [0.2, 0.25) is 11.8 Å². The minimum Gasteiger partial charge on any atom is -0.354 e. The van der Waals surface area contributed by atoms with E-state index in [1.807, 2.05) is 13.8 Å². The Morgan fingerprint density at radius 2 is 1.52 bits per heavy atom. The second-order valence-corrected chi connectivity index (χ2v) is 12.3. The first-order valence-corrected chi connectivity index (χ1v) is 15.0. The molecule has 0 aromatic heterocycles. The molecule has 0 fully saturated rings. The number of sulfonamides is 1. The van der Waals surface area contributed by atoms with Gasteiger partial charge in [-0.2, -0.15) is 0 Å². The molecule has 1 atom stereocenters. The molecule has 3 aromatic rings. The molecule has 0 aliphatic rings. The molecule has 0 saturated heterocycles. The van der Waals surface area contributed by atoms with Crippen molar-refractivity contribution < 1.29 is 22.4 Å². The number of nitrogens with one attached hydrogen (secondary N) is 1. The predicted molar refractivity (Wildman–Crippen MR) is 156 cm³/mol. The molecule has 0 aliphatic carbocycles. The first-order valence-electron chi connectivity index (χ1n) is 12.8. The molecule has 0 bridgehead atoms. The van der Waals surface area contributed by atoms with Gasteiger partial charge in [0, 0.05) is 28.7 Å². The summed E-state index contributed by atoms with van der Waals surface area (Å²) in [5.74, 6) is -1.43. The van der Waals surface area contributed by atoms with Crippen LogP contribution in [0.3, 0.4) is 0 Å². The topological polar surface area (TPSA) is 86.8 Å². The summed E-state index contributed by atoms with van der Waals surface area (Å²) in [6.07, 6.45) is 0.258. The fourth-order valence-electron chi connectivity index (χ4n) is 4.05. The van der Waals surface area contributed by atoms with E-state index in [-0.39, 0.29) is 35.4 Å². The lowest BCUT2D eigenvalue weighted by atomic mass is 10.1.